The second-order valence-corrected chi connectivity index (χ2v) is 6.15. The van der Waals surface area contributed by atoms with Crippen LogP contribution in [-0.4, -0.2) is 43.7 Å². The van der Waals surface area contributed by atoms with Crippen molar-refractivity contribution < 1.29 is 23.2 Å². The van der Waals surface area contributed by atoms with Gasteiger partial charge in [-0.15, -0.1) is 0 Å². The highest BCUT2D eigenvalue weighted by atomic mass is 19.3. The number of carbonyl (C=O) groups is 3. The molecule has 0 spiro atoms. The van der Waals surface area contributed by atoms with Crippen LogP contribution < -0.4 is 0 Å². The van der Waals surface area contributed by atoms with Crippen molar-refractivity contribution in [2.75, 3.05) is 6.54 Å². The summed E-state index contributed by atoms with van der Waals surface area (Å²) in [5.74, 6) is -2.15. The van der Waals surface area contributed by atoms with E-state index >= 15 is 0 Å². The number of imidazole rings is 1. The Morgan fingerprint density at radius 1 is 1.04 bits per heavy atom. The fourth-order valence-electron chi connectivity index (χ4n) is 2.78. The minimum Gasteiger partial charge on any atom is -0.269 e. The Bertz CT molecular complexity index is 862. The lowest BCUT2D eigenvalue weighted by Crippen LogP contribution is -2.35. The molecule has 0 saturated carbocycles. The zero-order chi connectivity index (χ0) is 18.3. The van der Waals surface area contributed by atoms with E-state index in [4.69, 9.17) is 0 Å². The number of amides is 4. The van der Waals surface area contributed by atoms with E-state index in [1.54, 1.807) is 32.0 Å². The van der Waals surface area contributed by atoms with E-state index in [-0.39, 0.29) is 23.8 Å². The van der Waals surface area contributed by atoms with Gasteiger partial charge in [-0.1, -0.05) is 26.0 Å². The lowest BCUT2D eigenvalue weighted by molar-refractivity contribution is -0.143. The van der Waals surface area contributed by atoms with E-state index in [0.717, 1.165) is 4.90 Å². The molecule has 0 aliphatic carbocycles. The number of benzene rings is 1. The maximum Gasteiger partial charge on any atom is 0.334 e. The zero-order valence-electron chi connectivity index (χ0n) is 13.6. The number of fused-ring (bicyclic) bond motifs is 1. The molecule has 2 aromatic rings. The summed E-state index contributed by atoms with van der Waals surface area (Å²) in [5.41, 5.74) is 0.513. The minimum atomic E-state index is -2.89. The molecule has 0 unspecified atom stereocenters. The average Bonchev–Trinajstić information content (AvgIpc) is 3.01. The molecule has 7 nitrogen and oxygen atoms in total. The first-order valence-corrected chi connectivity index (χ1v) is 7.72. The third-order valence-corrected chi connectivity index (χ3v) is 3.85. The number of imide groups is 2. The van der Waals surface area contributed by atoms with Gasteiger partial charge in [-0.05, 0) is 18.1 Å². The van der Waals surface area contributed by atoms with Crippen molar-refractivity contribution in [1.82, 2.24) is 19.4 Å². The van der Waals surface area contributed by atoms with E-state index < -0.39 is 30.9 Å². The van der Waals surface area contributed by atoms with Gasteiger partial charge in [0.25, 0.3) is 0 Å². The van der Waals surface area contributed by atoms with Gasteiger partial charge in [-0.2, -0.15) is 8.78 Å². The number of para-hydroxylation sites is 2. The molecule has 132 valence electrons. The van der Waals surface area contributed by atoms with E-state index in [0.29, 0.717) is 15.0 Å². The molecule has 2 heterocycles. The van der Waals surface area contributed by atoms with E-state index in [1.165, 1.54) is 6.07 Å². The van der Waals surface area contributed by atoms with Crippen molar-refractivity contribution in [2.24, 2.45) is 5.92 Å². The SMILES string of the molecule is CC(C)CN1C(=O)C(=O)N(Cc2nc3ccccc3n2C(F)F)C1=O. The van der Waals surface area contributed by atoms with Crippen LogP contribution in [0, 0.1) is 5.92 Å². The summed E-state index contributed by atoms with van der Waals surface area (Å²) in [7, 11) is 0. The van der Waals surface area contributed by atoms with Gasteiger partial charge in [0.1, 0.15) is 5.82 Å². The zero-order valence-corrected chi connectivity index (χ0v) is 13.6. The molecule has 1 saturated heterocycles. The molecule has 4 amide bonds. The Hall–Kier alpha value is -2.84. The van der Waals surface area contributed by atoms with Crippen molar-refractivity contribution in [2.45, 2.75) is 26.9 Å². The Morgan fingerprint density at radius 3 is 2.32 bits per heavy atom. The number of halogens is 2. The lowest BCUT2D eigenvalue weighted by Gasteiger charge is -2.17. The number of hydrogen-bond acceptors (Lipinski definition) is 4. The maximum atomic E-state index is 13.4. The molecule has 3 rings (SSSR count). The van der Waals surface area contributed by atoms with Crippen LogP contribution in [0.5, 0.6) is 0 Å². The van der Waals surface area contributed by atoms with Gasteiger partial charge in [0.2, 0.25) is 0 Å². The summed E-state index contributed by atoms with van der Waals surface area (Å²) in [6.45, 7) is 0.299. The number of hydrogen-bond donors (Lipinski definition) is 0. The van der Waals surface area contributed by atoms with E-state index in [9.17, 15) is 23.2 Å². The predicted octanol–water partition coefficient (Wildman–Crippen LogP) is 2.38. The van der Waals surface area contributed by atoms with Crippen molar-refractivity contribution in [3.8, 4) is 0 Å². The highest BCUT2D eigenvalue weighted by molar-refractivity contribution is 6.44. The first-order chi connectivity index (χ1) is 11.8. The number of aromatic nitrogens is 2. The number of rotatable bonds is 5. The first kappa shape index (κ1) is 17.0. The van der Waals surface area contributed by atoms with Gasteiger partial charge in [0.05, 0.1) is 17.6 Å². The Labute approximate surface area is 141 Å². The molecular weight excluding hydrogens is 334 g/mol. The molecule has 1 aliphatic rings. The van der Waals surface area contributed by atoms with Crippen molar-refractivity contribution in [3.05, 3.63) is 30.1 Å². The van der Waals surface area contributed by atoms with E-state index in [1.807, 2.05) is 0 Å². The molecule has 1 aromatic heterocycles. The number of carbonyl (C=O) groups excluding carboxylic acids is 3. The molecule has 25 heavy (non-hydrogen) atoms. The number of alkyl halides is 2. The Balaban J connectivity index is 1.96. The quantitative estimate of drug-likeness (QED) is 0.613. The van der Waals surface area contributed by atoms with Crippen LogP contribution in [-0.2, 0) is 16.1 Å². The molecular formula is C16H16F2N4O3. The summed E-state index contributed by atoms with van der Waals surface area (Å²) in [6, 6.07) is 5.46. The van der Waals surface area contributed by atoms with Gasteiger partial charge in [-0.3, -0.25) is 19.1 Å². The summed E-state index contributed by atoms with van der Waals surface area (Å²) in [5, 5.41) is 0. The molecule has 1 aliphatic heterocycles. The topological polar surface area (TPSA) is 75.5 Å². The summed E-state index contributed by atoms with van der Waals surface area (Å²) in [6.07, 6.45) is 0. The van der Waals surface area contributed by atoms with Crippen LogP contribution in [0.4, 0.5) is 13.6 Å². The molecule has 0 bridgehead atoms. The van der Waals surface area contributed by atoms with Gasteiger partial charge in [-0.25, -0.2) is 14.7 Å². The van der Waals surface area contributed by atoms with Gasteiger partial charge in [0, 0.05) is 6.54 Å². The maximum absolute atomic E-state index is 13.4. The van der Waals surface area contributed by atoms with Crippen LogP contribution in [0.2, 0.25) is 0 Å². The van der Waals surface area contributed by atoms with Crippen molar-refractivity contribution in [3.63, 3.8) is 0 Å². The van der Waals surface area contributed by atoms with E-state index in [2.05, 4.69) is 4.98 Å². The normalized spacial score (nSPS) is 15.5. The third kappa shape index (κ3) is 2.86. The number of nitrogens with zero attached hydrogens (tertiary/aromatic N) is 4. The summed E-state index contributed by atoms with van der Waals surface area (Å²) >= 11 is 0. The third-order valence-electron chi connectivity index (χ3n) is 3.85. The van der Waals surface area contributed by atoms with Crippen molar-refractivity contribution >= 4 is 28.9 Å². The molecule has 9 heteroatoms. The average molecular weight is 350 g/mol. The van der Waals surface area contributed by atoms with Gasteiger partial charge in [0.15, 0.2) is 0 Å². The highest BCUT2D eigenvalue weighted by Crippen LogP contribution is 2.25. The van der Waals surface area contributed by atoms with Crippen LogP contribution in [0.25, 0.3) is 11.0 Å². The highest BCUT2D eigenvalue weighted by Gasteiger charge is 2.45. The molecule has 1 fully saturated rings. The second-order valence-electron chi connectivity index (χ2n) is 6.15. The fraction of sp³-hybridized carbons (Fsp3) is 0.375. The molecule has 1 aromatic carbocycles. The van der Waals surface area contributed by atoms with Gasteiger partial charge >= 0.3 is 24.4 Å². The van der Waals surface area contributed by atoms with Crippen LogP contribution in [0.15, 0.2) is 24.3 Å². The fourth-order valence-corrected chi connectivity index (χ4v) is 2.78. The molecule has 0 atom stereocenters. The van der Waals surface area contributed by atoms with Crippen LogP contribution in [0.1, 0.15) is 26.2 Å². The predicted molar refractivity (Wildman–Crippen MR) is 83.5 cm³/mol. The summed E-state index contributed by atoms with van der Waals surface area (Å²) < 4.78 is 27.5. The van der Waals surface area contributed by atoms with Gasteiger partial charge < -0.3 is 0 Å². The lowest BCUT2D eigenvalue weighted by atomic mass is 10.2. The summed E-state index contributed by atoms with van der Waals surface area (Å²) in [4.78, 5) is 42.0. The Kier molecular flexibility index (Phi) is 4.23. The standard InChI is InChI=1S/C16H16F2N4O3/c1-9(2)7-20-13(23)14(24)21(16(20)25)8-12-19-10-5-3-4-6-11(10)22(12)15(17)18/h3-6,9,15H,7-8H2,1-2H3. The van der Waals surface area contributed by atoms with Crippen LogP contribution >= 0.6 is 0 Å². The second kappa shape index (κ2) is 6.23. The Morgan fingerprint density at radius 2 is 1.68 bits per heavy atom. The molecule has 0 N–H and O–H groups in total. The monoisotopic (exact) mass is 350 g/mol. The molecule has 0 radical (unpaired) electrons. The smallest absolute Gasteiger partial charge is 0.269 e. The first-order valence-electron chi connectivity index (χ1n) is 7.72. The number of urea groups is 1. The van der Waals surface area contributed by atoms with Crippen molar-refractivity contribution in [1.29, 1.82) is 0 Å². The largest absolute Gasteiger partial charge is 0.334 e. The minimum absolute atomic E-state index is 0.0220. The van der Waals surface area contributed by atoms with Crippen LogP contribution in [0.3, 0.4) is 0 Å².